The molecule has 0 aromatic carbocycles. The first-order chi connectivity index (χ1) is 14.2. The second-order valence-electron chi connectivity index (χ2n) is 8.22. The second kappa shape index (κ2) is 9.98. The Kier molecular flexibility index (Phi) is 8.04. The molecule has 30 heavy (non-hydrogen) atoms. The maximum Gasteiger partial charge on any atom is 0.187 e. The summed E-state index contributed by atoms with van der Waals surface area (Å²) in [4.78, 5) is 0. The molecule has 0 bridgehead atoms. The van der Waals surface area contributed by atoms with Crippen LogP contribution in [-0.4, -0.2) is 129 Å². The Hall–Kier alpha value is -0.480. The summed E-state index contributed by atoms with van der Waals surface area (Å²) in [7, 11) is 0. The molecule has 0 amide bonds. The van der Waals surface area contributed by atoms with Gasteiger partial charge in [-0.3, -0.25) is 0 Å². The van der Waals surface area contributed by atoms with Crippen molar-refractivity contribution in [1.29, 1.82) is 0 Å². The predicted octanol–water partition coefficient (Wildman–Crippen LogP) is -3.95. The molecular weight excluding hydrogens is 408 g/mol. The van der Waals surface area contributed by atoms with Gasteiger partial charge in [0.25, 0.3) is 0 Å². The molecular formula is C18H32O12. The van der Waals surface area contributed by atoms with Gasteiger partial charge < -0.3 is 59.4 Å². The van der Waals surface area contributed by atoms with E-state index < -0.39 is 86.8 Å². The van der Waals surface area contributed by atoms with Crippen molar-refractivity contribution in [3.63, 3.8) is 0 Å². The number of hydrogen-bond acceptors (Lipinski definition) is 12. The quantitative estimate of drug-likeness (QED) is 0.204. The van der Waals surface area contributed by atoms with Crippen molar-refractivity contribution >= 4 is 0 Å². The van der Waals surface area contributed by atoms with Crippen molar-refractivity contribution in [2.45, 2.75) is 87.5 Å². The average Bonchev–Trinajstić information content (AvgIpc) is 3.14. The fraction of sp³-hybridized carbons (Fsp3) is 1.00. The summed E-state index contributed by atoms with van der Waals surface area (Å²) < 4.78 is 28.0. The highest BCUT2D eigenvalue weighted by Crippen LogP contribution is 2.33. The van der Waals surface area contributed by atoms with Gasteiger partial charge in [-0.2, -0.15) is 0 Å². The molecule has 0 spiro atoms. The van der Waals surface area contributed by atoms with E-state index in [9.17, 15) is 35.7 Å². The molecule has 3 rings (SSSR count). The smallest absolute Gasteiger partial charge is 0.187 e. The molecule has 0 aromatic rings. The molecule has 12 atom stereocenters. The highest BCUT2D eigenvalue weighted by atomic mass is 16.8. The zero-order valence-corrected chi connectivity index (χ0v) is 16.8. The maximum atomic E-state index is 10.5. The van der Waals surface area contributed by atoms with Crippen LogP contribution in [0.1, 0.15) is 13.8 Å². The lowest BCUT2D eigenvalue weighted by Crippen LogP contribution is -2.59. The SMILES string of the molecule is CC(C)C1OCC(O)C(OC2OC(CO)C(O)C2O)C1OC1OC(CO)C(O)C1O. The van der Waals surface area contributed by atoms with Crippen LogP contribution in [0, 0.1) is 5.92 Å². The number of hydrogen-bond donors (Lipinski definition) is 7. The molecule has 0 saturated carbocycles. The van der Waals surface area contributed by atoms with Crippen molar-refractivity contribution < 1.29 is 59.4 Å². The number of rotatable bonds is 7. The number of aliphatic hydroxyl groups excluding tert-OH is 7. The lowest BCUT2D eigenvalue weighted by Gasteiger charge is -2.44. The van der Waals surface area contributed by atoms with Crippen LogP contribution < -0.4 is 0 Å². The van der Waals surface area contributed by atoms with Gasteiger partial charge in [-0.05, 0) is 5.92 Å². The van der Waals surface area contributed by atoms with Gasteiger partial charge in [0.15, 0.2) is 12.6 Å². The second-order valence-corrected chi connectivity index (χ2v) is 8.22. The molecule has 7 N–H and O–H groups in total. The first-order valence-electron chi connectivity index (χ1n) is 10.0. The van der Waals surface area contributed by atoms with Crippen molar-refractivity contribution in [3.8, 4) is 0 Å². The van der Waals surface area contributed by atoms with E-state index in [1.165, 1.54) is 0 Å². The van der Waals surface area contributed by atoms with Crippen molar-refractivity contribution in [2.75, 3.05) is 19.8 Å². The minimum absolute atomic E-state index is 0.0991. The van der Waals surface area contributed by atoms with Crippen molar-refractivity contribution in [1.82, 2.24) is 0 Å². The summed E-state index contributed by atoms with van der Waals surface area (Å²) in [6.07, 6.45) is -14.4. The molecule has 12 heteroatoms. The van der Waals surface area contributed by atoms with E-state index in [-0.39, 0.29) is 12.5 Å². The molecule has 12 unspecified atom stereocenters. The third-order valence-electron chi connectivity index (χ3n) is 5.72. The molecule has 12 nitrogen and oxygen atoms in total. The van der Waals surface area contributed by atoms with Crippen molar-refractivity contribution in [3.05, 3.63) is 0 Å². The van der Waals surface area contributed by atoms with E-state index >= 15 is 0 Å². The summed E-state index contributed by atoms with van der Waals surface area (Å²) in [5.41, 5.74) is 0. The number of ether oxygens (including phenoxy) is 5. The minimum atomic E-state index is -1.47. The van der Waals surface area contributed by atoms with Gasteiger partial charge in [-0.1, -0.05) is 13.8 Å². The zero-order valence-electron chi connectivity index (χ0n) is 16.8. The van der Waals surface area contributed by atoms with Gasteiger partial charge in [0.1, 0.15) is 54.9 Å². The van der Waals surface area contributed by atoms with E-state index in [1.54, 1.807) is 0 Å². The van der Waals surface area contributed by atoms with E-state index in [2.05, 4.69) is 0 Å². The Labute approximate surface area is 173 Å². The molecule has 3 aliphatic heterocycles. The van der Waals surface area contributed by atoms with Crippen LogP contribution in [0.4, 0.5) is 0 Å². The summed E-state index contributed by atoms with van der Waals surface area (Å²) in [6, 6.07) is 0. The summed E-state index contributed by atoms with van der Waals surface area (Å²) in [5, 5.41) is 69.3. The third-order valence-corrected chi connectivity index (χ3v) is 5.72. The first-order valence-corrected chi connectivity index (χ1v) is 10.0. The highest BCUT2D eigenvalue weighted by molar-refractivity contribution is 4.95. The van der Waals surface area contributed by atoms with Gasteiger partial charge in [-0.15, -0.1) is 0 Å². The van der Waals surface area contributed by atoms with E-state index in [0.29, 0.717) is 0 Å². The van der Waals surface area contributed by atoms with Crippen molar-refractivity contribution in [2.24, 2.45) is 5.92 Å². The Balaban J connectivity index is 1.78. The van der Waals surface area contributed by atoms with Crippen LogP contribution in [0.5, 0.6) is 0 Å². The standard InChI is InChI=1S/C18H32O12/c1-6(2)14-16(30-18-13(25)11(23)9(4-20)28-18)15(7(21)5-26-14)29-17-12(24)10(22)8(3-19)27-17/h6-25H,3-5H2,1-2H3. The Morgan fingerprint density at radius 2 is 1.23 bits per heavy atom. The molecule has 0 radical (unpaired) electrons. The zero-order chi connectivity index (χ0) is 22.2. The van der Waals surface area contributed by atoms with E-state index in [4.69, 9.17) is 23.7 Å². The molecule has 3 fully saturated rings. The Morgan fingerprint density at radius 1 is 0.767 bits per heavy atom. The van der Waals surface area contributed by atoms with Crippen LogP contribution in [0.25, 0.3) is 0 Å². The van der Waals surface area contributed by atoms with E-state index in [0.717, 1.165) is 0 Å². The fourth-order valence-corrected chi connectivity index (χ4v) is 3.97. The Morgan fingerprint density at radius 3 is 1.63 bits per heavy atom. The summed E-state index contributed by atoms with van der Waals surface area (Å²) in [5.74, 6) is -0.115. The first kappa shape index (κ1) is 24.2. The number of aliphatic hydroxyl groups is 7. The van der Waals surface area contributed by atoms with E-state index in [1.807, 2.05) is 13.8 Å². The third kappa shape index (κ3) is 4.65. The molecule has 176 valence electrons. The molecule has 3 heterocycles. The predicted molar refractivity (Wildman–Crippen MR) is 95.9 cm³/mol. The van der Waals surface area contributed by atoms with Crippen LogP contribution in [0.15, 0.2) is 0 Å². The van der Waals surface area contributed by atoms with Gasteiger partial charge >= 0.3 is 0 Å². The average molecular weight is 440 g/mol. The summed E-state index contributed by atoms with van der Waals surface area (Å²) in [6.45, 7) is 2.53. The van der Waals surface area contributed by atoms with Crippen LogP contribution in [-0.2, 0) is 23.7 Å². The topological polar surface area (TPSA) is 188 Å². The van der Waals surface area contributed by atoms with Gasteiger partial charge in [-0.25, -0.2) is 0 Å². The normalized spacial score (nSPS) is 49.8. The summed E-state index contributed by atoms with van der Waals surface area (Å²) >= 11 is 0. The Bertz CT molecular complexity index is 549. The van der Waals surface area contributed by atoms with Crippen LogP contribution in [0.2, 0.25) is 0 Å². The van der Waals surface area contributed by atoms with Gasteiger partial charge in [0.2, 0.25) is 0 Å². The monoisotopic (exact) mass is 440 g/mol. The van der Waals surface area contributed by atoms with Crippen LogP contribution in [0.3, 0.4) is 0 Å². The minimum Gasteiger partial charge on any atom is -0.394 e. The molecule has 3 saturated heterocycles. The molecule has 0 aliphatic carbocycles. The lowest BCUT2D eigenvalue weighted by atomic mass is 9.92. The fourth-order valence-electron chi connectivity index (χ4n) is 3.97. The molecule has 3 aliphatic rings. The van der Waals surface area contributed by atoms with Gasteiger partial charge in [0.05, 0.1) is 25.9 Å². The molecule has 0 aromatic heterocycles. The maximum absolute atomic E-state index is 10.5. The van der Waals surface area contributed by atoms with Crippen LogP contribution >= 0.6 is 0 Å². The largest absolute Gasteiger partial charge is 0.394 e. The van der Waals surface area contributed by atoms with Gasteiger partial charge in [0, 0.05) is 0 Å². The lowest BCUT2D eigenvalue weighted by molar-refractivity contribution is -0.309. The highest BCUT2D eigenvalue weighted by Gasteiger charge is 2.52.